The van der Waals surface area contributed by atoms with Gasteiger partial charge in [0.15, 0.2) is 0 Å². The molecule has 1 aliphatic rings. The third-order valence-electron chi connectivity index (χ3n) is 8.18. The van der Waals surface area contributed by atoms with Crippen LogP contribution in [0.15, 0.2) is 54.6 Å². The molecule has 0 aromatic heterocycles. The fourth-order valence-electron chi connectivity index (χ4n) is 5.78. The van der Waals surface area contributed by atoms with Gasteiger partial charge >= 0.3 is 6.03 Å². The molecule has 0 spiro atoms. The molecule has 7 nitrogen and oxygen atoms in total. The SMILES string of the molecule is COc1cccc(C2(CNC(=O)Nc3c(C(C)C)cc(N)cc3C(C)C)CCN(c3cc(Cl)ccc3OC)CC2)c1. The van der Waals surface area contributed by atoms with Crippen LogP contribution in [-0.4, -0.2) is 39.9 Å². The van der Waals surface area contributed by atoms with E-state index in [1.54, 1.807) is 14.2 Å². The van der Waals surface area contributed by atoms with Crippen molar-refractivity contribution in [2.24, 2.45) is 0 Å². The molecule has 3 aromatic carbocycles. The van der Waals surface area contributed by atoms with Gasteiger partial charge in [0.05, 0.1) is 19.9 Å². The number of urea groups is 1. The maximum atomic E-state index is 13.5. The highest BCUT2D eigenvalue weighted by molar-refractivity contribution is 6.31. The van der Waals surface area contributed by atoms with Crippen LogP contribution in [-0.2, 0) is 5.41 Å². The molecule has 2 amide bonds. The van der Waals surface area contributed by atoms with Gasteiger partial charge in [-0.1, -0.05) is 51.4 Å². The highest BCUT2D eigenvalue weighted by atomic mass is 35.5. The number of nitrogen functional groups attached to an aromatic ring is 1. The van der Waals surface area contributed by atoms with Crippen molar-refractivity contribution in [2.45, 2.75) is 57.8 Å². The van der Waals surface area contributed by atoms with Crippen LogP contribution in [0.2, 0.25) is 5.02 Å². The first-order valence-electron chi connectivity index (χ1n) is 14.3. The van der Waals surface area contributed by atoms with Gasteiger partial charge in [-0.25, -0.2) is 4.79 Å². The predicted molar refractivity (Wildman–Crippen MR) is 170 cm³/mol. The van der Waals surface area contributed by atoms with E-state index in [1.807, 2.05) is 42.5 Å². The third kappa shape index (κ3) is 6.84. The standard InChI is InChI=1S/C33H43ClN4O3/c1-21(2)27-18-25(35)19-28(22(3)4)31(27)37-32(39)36-20-33(23-8-7-9-26(16-23)40-5)12-14-38(15-13-33)29-17-24(34)10-11-30(29)41-6/h7-11,16-19,21-22H,12-15,20,35H2,1-6H3,(H2,36,37,39). The topological polar surface area (TPSA) is 88.8 Å². The van der Waals surface area contributed by atoms with Gasteiger partial charge in [0.1, 0.15) is 11.5 Å². The fourth-order valence-corrected chi connectivity index (χ4v) is 5.95. The average Bonchev–Trinajstić information content (AvgIpc) is 2.96. The lowest BCUT2D eigenvalue weighted by Crippen LogP contribution is -2.49. The number of nitrogens with zero attached hydrogens (tertiary/aromatic N) is 1. The van der Waals surface area contributed by atoms with Gasteiger partial charge in [0, 0.05) is 41.4 Å². The second-order valence-corrected chi connectivity index (χ2v) is 11.9. The van der Waals surface area contributed by atoms with Gasteiger partial charge < -0.3 is 30.7 Å². The van der Waals surface area contributed by atoms with Crippen LogP contribution in [0.25, 0.3) is 0 Å². The number of anilines is 3. The first kappa shape index (κ1) is 30.4. The van der Waals surface area contributed by atoms with E-state index in [1.165, 1.54) is 0 Å². The van der Waals surface area contributed by atoms with Crippen molar-refractivity contribution in [2.75, 3.05) is 49.8 Å². The molecular weight excluding hydrogens is 536 g/mol. The van der Waals surface area contributed by atoms with Gasteiger partial charge in [-0.3, -0.25) is 0 Å². The summed E-state index contributed by atoms with van der Waals surface area (Å²) < 4.78 is 11.2. The van der Waals surface area contributed by atoms with Gasteiger partial charge in [-0.2, -0.15) is 0 Å². The van der Waals surface area contributed by atoms with E-state index in [4.69, 9.17) is 26.8 Å². The van der Waals surface area contributed by atoms with Gasteiger partial charge in [0.25, 0.3) is 0 Å². The smallest absolute Gasteiger partial charge is 0.319 e. The Morgan fingerprint density at radius 1 is 0.976 bits per heavy atom. The zero-order valence-electron chi connectivity index (χ0n) is 25.0. The molecular formula is C33H43ClN4O3. The summed E-state index contributed by atoms with van der Waals surface area (Å²) in [5.41, 5.74) is 11.7. The summed E-state index contributed by atoms with van der Waals surface area (Å²) in [6.45, 7) is 10.5. The largest absolute Gasteiger partial charge is 0.497 e. The second kappa shape index (κ2) is 12.9. The molecule has 0 unspecified atom stereocenters. The van der Waals surface area contributed by atoms with Crippen molar-refractivity contribution in [3.63, 3.8) is 0 Å². The van der Waals surface area contributed by atoms with Crippen LogP contribution >= 0.6 is 11.6 Å². The number of hydrogen-bond acceptors (Lipinski definition) is 5. The summed E-state index contributed by atoms with van der Waals surface area (Å²) in [4.78, 5) is 15.8. The van der Waals surface area contributed by atoms with E-state index >= 15 is 0 Å². The van der Waals surface area contributed by atoms with Crippen molar-refractivity contribution in [1.29, 1.82) is 0 Å². The number of rotatable bonds is 9. The Morgan fingerprint density at radius 3 is 2.22 bits per heavy atom. The molecule has 0 atom stereocenters. The summed E-state index contributed by atoms with van der Waals surface area (Å²) in [5.74, 6) is 2.02. The molecule has 4 N–H and O–H groups in total. The van der Waals surface area contributed by atoms with E-state index in [9.17, 15) is 4.79 Å². The molecule has 1 fully saturated rings. The zero-order chi connectivity index (χ0) is 29.7. The van der Waals surface area contributed by atoms with Crippen molar-refractivity contribution in [1.82, 2.24) is 5.32 Å². The van der Waals surface area contributed by atoms with E-state index in [2.05, 4.69) is 55.4 Å². The number of ether oxygens (including phenoxy) is 2. The molecule has 1 aliphatic heterocycles. The van der Waals surface area contributed by atoms with Crippen LogP contribution in [0.4, 0.5) is 21.9 Å². The van der Waals surface area contributed by atoms with E-state index < -0.39 is 0 Å². The van der Waals surface area contributed by atoms with Crippen molar-refractivity contribution in [3.05, 3.63) is 76.3 Å². The number of benzene rings is 3. The number of nitrogens with one attached hydrogen (secondary N) is 2. The second-order valence-electron chi connectivity index (χ2n) is 11.5. The number of halogens is 1. The maximum absolute atomic E-state index is 13.5. The third-order valence-corrected chi connectivity index (χ3v) is 8.41. The van der Waals surface area contributed by atoms with E-state index in [-0.39, 0.29) is 23.3 Å². The van der Waals surface area contributed by atoms with Crippen LogP contribution < -0.4 is 30.7 Å². The number of nitrogens with two attached hydrogens (primary N) is 1. The molecule has 41 heavy (non-hydrogen) atoms. The first-order chi connectivity index (χ1) is 19.6. The van der Waals surface area contributed by atoms with Gasteiger partial charge in [-0.15, -0.1) is 0 Å². The Hall–Kier alpha value is -3.58. The molecule has 0 aliphatic carbocycles. The van der Waals surface area contributed by atoms with E-state index in [0.29, 0.717) is 17.3 Å². The number of piperidine rings is 1. The molecule has 1 heterocycles. The van der Waals surface area contributed by atoms with Gasteiger partial charge in [0.2, 0.25) is 0 Å². The number of carbonyl (C=O) groups excluding carboxylic acids is 1. The Kier molecular flexibility index (Phi) is 9.59. The monoisotopic (exact) mass is 578 g/mol. The Labute approximate surface area is 249 Å². The summed E-state index contributed by atoms with van der Waals surface area (Å²) in [5, 5.41) is 7.08. The molecule has 4 rings (SSSR count). The van der Waals surface area contributed by atoms with Gasteiger partial charge in [-0.05, 0) is 83.8 Å². The molecule has 8 heteroatoms. The van der Waals surface area contributed by atoms with Crippen LogP contribution in [0.3, 0.4) is 0 Å². The zero-order valence-corrected chi connectivity index (χ0v) is 25.8. The van der Waals surface area contributed by atoms with E-state index in [0.717, 1.165) is 65.5 Å². The molecule has 0 bridgehead atoms. The Bertz CT molecular complexity index is 1340. The van der Waals surface area contributed by atoms with Crippen molar-refractivity contribution < 1.29 is 14.3 Å². The summed E-state index contributed by atoms with van der Waals surface area (Å²) >= 11 is 6.34. The lowest BCUT2D eigenvalue weighted by Gasteiger charge is -2.43. The quantitative estimate of drug-likeness (QED) is 0.228. The first-order valence-corrected chi connectivity index (χ1v) is 14.7. The Morgan fingerprint density at radius 2 is 1.63 bits per heavy atom. The van der Waals surface area contributed by atoms with Crippen molar-refractivity contribution >= 4 is 34.7 Å². The average molecular weight is 579 g/mol. The minimum Gasteiger partial charge on any atom is -0.497 e. The molecule has 3 aromatic rings. The Balaban J connectivity index is 1.59. The minimum atomic E-state index is -0.281. The van der Waals surface area contributed by atoms with Crippen molar-refractivity contribution in [3.8, 4) is 11.5 Å². The summed E-state index contributed by atoms with van der Waals surface area (Å²) in [6.07, 6.45) is 1.65. The van der Waals surface area contributed by atoms with Crippen LogP contribution in [0.1, 0.15) is 69.1 Å². The lowest BCUT2D eigenvalue weighted by atomic mass is 9.72. The van der Waals surface area contributed by atoms with Crippen LogP contribution in [0, 0.1) is 0 Å². The number of methoxy groups -OCH3 is 2. The summed E-state index contributed by atoms with van der Waals surface area (Å²) in [6, 6.07) is 17.6. The summed E-state index contributed by atoms with van der Waals surface area (Å²) in [7, 11) is 3.35. The molecule has 220 valence electrons. The molecule has 0 radical (unpaired) electrons. The highest BCUT2D eigenvalue weighted by Crippen LogP contribution is 2.41. The van der Waals surface area contributed by atoms with Crippen LogP contribution in [0.5, 0.6) is 11.5 Å². The molecule has 0 saturated carbocycles. The highest BCUT2D eigenvalue weighted by Gasteiger charge is 2.37. The number of carbonyl (C=O) groups is 1. The number of amides is 2. The lowest BCUT2D eigenvalue weighted by molar-refractivity contribution is 0.244. The number of hydrogen-bond donors (Lipinski definition) is 3. The molecule has 1 saturated heterocycles. The predicted octanol–water partition coefficient (Wildman–Crippen LogP) is 7.55. The maximum Gasteiger partial charge on any atom is 0.319 e. The fraction of sp³-hybridized carbons (Fsp3) is 0.424. The minimum absolute atomic E-state index is 0.210. The normalized spacial score (nSPS) is 14.7.